The molecule has 0 bridgehead atoms. The molecule has 0 saturated heterocycles. The number of hydrogen-bond acceptors (Lipinski definition) is 3. The molecule has 2 aromatic rings. The lowest BCUT2D eigenvalue weighted by Gasteiger charge is -2.18. The van der Waals surface area contributed by atoms with Gasteiger partial charge >= 0.3 is 0 Å². The number of hydrogen-bond donors (Lipinski definition) is 2. The number of carbonyl (C=O) groups is 2. The van der Waals surface area contributed by atoms with Crippen molar-refractivity contribution >= 4 is 23.2 Å². The van der Waals surface area contributed by atoms with Gasteiger partial charge < -0.3 is 15.4 Å². The summed E-state index contributed by atoms with van der Waals surface area (Å²) in [7, 11) is 0. The fraction of sp³-hybridized carbons (Fsp3) is 0.222. The number of carbonyl (C=O) groups excluding carboxylic acids is 2. The third kappa shape index (κ3) is 3.51. The summed E-state index contributed by atoms with van der Waals surface area (Å²) in [6, 6.07) is 12.8. The van der Waals surface area contributed by atoms with Gasteiger partial charge in [0.2, 0.25) is 0 Å². The van der Waals surface area contributed by atoms with Gasteiger partial charge in [0.1, 0.15) is 5.75 Å². The normalized spacial score (nSPS) is 12.8. The number of aryl methyl sites for hydroxylation is 1. The monoisotopic (exact) mass is 310 g/mol. The number of nitrogens with one attached hydrogen (secondary N) is 2. The number of benzene rings is 2. The molecule has 2 N–H and O–H groups in total. The van der Waals surface area contributed by atoms with Crippen molar-refractivity contribution in [3.05, 3.63) is 53.6 Å². The van der Waals surface area contributed by atoms with Crippen LogP contribution in [0.1, 0.15) is 29.3 Å². The van der Waals surface area contributed by atoms with Gasteiger partial charge in [-0.15, -0.1) is 0 Å². The molecule has 5 nitrogen and oxygen atoms in total. The van der Waals surface area contributed by atoms with E-state index in [0.717, 1.165) is 18.5 Å². The van der Waals surface area contributed by atoms with Crippen molar-refractivity contribution in [3.8, 4) is 5.75 Å². The molecule has 0 radical (unpaired) electrons. The Hall–Kier alpha value is -2.82. The molecular formula is C18H18N2O3. The molecule has 2 aromatic carbocycles. The molecule has 1 aliphatic heterocycles. The van der Waals surface area contributed by atoms with E-state index in [-0.39, 0.29) is 18.4 Å². The Balaban J connectivity index is 1.72. The predicted molar refractivity (Wildman–Crippen MR) is 89.0 cm³/mol. The number of amides is 2. The van der Waals surface area contributed by atoms with Gasteiger partial charge in [-0.25, -0.2) is 0 Å². The van der Waals surface area contributed by atoms with Crippen molar-refractivity contribution in [2.45, 2.75) is 19.8 Å². The number of ether oxygens (including phenoxy) is 1. The zero-order valence-corrected chi connectivity index (χ0v) is 12.9. The van der Waals surface area contributed by atoms with Crippen molar-refractivity contribution in [1.29, 1.82) is 0 Å². The summed E-state index contributed by atoms with van der Waals surface area (Å²) in [5, 5.41) is 5.56. The Morgan fingerprint density at radius 2 is 2.00 bits per heavy atom. The zero-order valence-electron chi connectivity index (χ0n) is 12.9. The Kier molecular flexibility index (Phi) is 4.28. The van der Waals surface area contributed by atoms with Crippen LogP contribution in [0.4, 0.5) is 11.4 Å². The maximum absolute atomic E-state index is 12.3. The Labute approximate surface area is 134 Å². The lowest BCUT2D eigenvalue weighted by molar-refractivity contribution is -0.118. The maximum atomic E-state index is 12.3. The highest BCUT2D eigenvalue weighted by Gasteiger charge is 2.17. The fourth-order valence-electron chi connectivity index (χ4n) is 2.46. The number of fused-ring (bicyclic) bond motifs is 1. The van der Waals surface area contributed by atoms with E-state index in [2.05, 4.69) is 17.6 Å². The summed E-state index contributed by atoms with van der Waals surface area (Å²) < 4.78 is 5.33. The summed E-state index contributed by atoms with van der Waals surface area (Å²) in [6.45, 7) is 2.10. The van der Waals surface area contributed by atoms with Crippen molar-refractivity contribution in [2.24, 2.45) is 0 Å². The first kappa shape index (κ1) is 15.1. The minimum atomic E-state index is -0.212. The first-order valence-corrected chi connectivity index (χ1v) is 7.62. The molecule has 1 heterocycles. The van der Waals surface area contributed by atoms with E-state index < -0.39 is 0 Å². The van der Waals surface area contributed by atoms with Crippen LogP contribution in [0, 0.1) is 0 Å². The van der Waals surface area contributed by atoms with Crippen LogP contribution >= 0.6 is 0 Å². The third-order valence-corrected chi connectivity index (χ3v) is 3.63. The van der Waals surface area contributed by atoms with Crippen molar-refractivity contribution in [1.82, 2.24) is 0 Å². The zero-order chi connectivity index (χ0) is 16.2. The van der Waals surface area contributed by atoms with E-state index >= 15 is 0 Å². The molecule has 0 atom stereocenters. The van der Waals surface area contributed by atoms with Crippen LogP contribution in [0.25, 0.3) is 0 Å². The molecule has 0 aromatic heterocycles. The van der Waals surface area contributed by atoms with Crippen molar-refractivity contribution in [2.75, 3.05) is 17.2 Å². The van der Waals surface area contributed by atoms with Crippen LogP contribution in [0.15, 0.2) is 42.5 Å². The van der Waals surface area contributed by atoms with Crippen LogP contribution < -0.4 is 15.4 Å². The average Bonchev–Trinajstić information content (AvgIpc) is 2.56. The molecule has 0 fully saturated rings. The standard InChI is InChI=1S/C18H18N2O3/c1-2-3-12-4-7-14(8-5-12)19-18(22)13-6-9-15-16(10-13)23-11-17(21)20-15/h4-10H,2-3,11H2,1H3,(H,19,22)(H,20,21). The third-order valence-electron chi connectivity index (χ3n) is 3.63. The van der Waals surface area contributed by atoms with Gasteiger partial charge in [-0.3, -0.25) is 9.59 Å². The quantitative estimate of drug-likeness (QED) is 0.911. The van der Waals surface area contributed by atoms with Gasteiger partial charge in [0.15, 0.2) is 6.61 Å². The first-order chi connectivity index (χ1) is 11.2. The molecule has 5 heteroatoms. The Morgan fingerprint density at radius 3 is 2.74 bits per heavy atom. The van der Waals surface area contributed by atoms with E-state index in [0.29, 0.717) is 17.0 Å². The Morgan fingerprint density at radius 1 is 1.22 bits per heavy atom. The fourth-order valence-corrected chi connectivity index (χ4v) is 2.46. The van der Waals surface area contributed by atoms with Gasteiger partial charge in [0.05, 0.1) is 5.69 Å². The highest BCUT2D eigenvalue weighted by atomic mass is 16.5. The molecule has 1 aliphatic rings. The summed E-state index contributed by atoms with van der Waals surface area (Å²) in [6.07, 6.45) is 2.12. The van der Waals surface area contributed by atoms with Gasteiger partial charge in [-0.1, -0.05) is 25.5 Å². The maximum Gasteiger partial charge on any atom is 0.262 e. The molecule has 118 valence electrons. The van der Waals surface area contributed by atoms with E-state index in [1.807, 2.05) is 24.3 Å². The lowest BCUT2D eigenvalue weighted by atomic mass is 10.1. The summed E-state index contributed by atoms with van der Waals surface area (Å²) in [5.74, 6) is 0.106. The minimum Gasteiger partial charge on any atom is -0.482 e. The molecule has 2 amide bonds. The van der Waals surface area contributed by atoms with Crippen LogP contribution in [-0.4, -0.2) is 18.4 Å². The second kappa shape index (κ2) is 6.52. The second-order valence-corrected chi connectivity index (χ2v) is 5.45. The number of anilines is 2. The smallest absolute Gasteiger partial charge is 0.262 e. The number of rotatable bonds is 4. The molecular weight excluding hydrogens is 292 g/mol. The lowest BCUT2D eigenvalue weighted by Crippen LogP contribution is -2.25. The van der Waals surface area contributed by atoms with Gasteiger partial charge in [0, 0.05) is 11.3 Å². The predicted octanol–water partition coefficient (Wildman–Crippen LogP) is 3.22. The summed E-state index contributed by atoms with van der Waals surface area (Å²) >= 11 is 0. The van der Waals surface area contributed by atoms with Crippen molar-refractivity contribution < 1.29 is 14.3 Å². The van der Waals surface area contributed by atoms with Crippen LogP contribution in [0.5, 0.6) is 5.75 Å². The first-order valence-electron chi connectivity index (χ1n) is 7.62. The molecule has 3 rings (SSSR count). The van der Waals surface area contributed by atoms with Gasteiger partial charge in [-0.05, 0) is 42.3 Å². The average molecular weight is 310 g/mol. The topological polar surface area (TPSA) is 67.4 Å². The van der Waals surface area contributed by atoms with Gasteiger partial charge in [0.25, 0.3) is 11.8 Å². The molecule has 0 aliphatic carbocycles. The molecule has 0 saturated carbocycles. The van der Waals surface area contributed by atoms with E-state index in [9.17, 15) is 9.59 Å². The van der Waals surface area contributed by atoms with Crippen molar-refractivity contribution in [3.63, 3.8) is 0 Å². The van der Waals surface area contributed by atoms with Crippen LogP contribution in [0.2, 0.25) is 0 Å². The van der Waals surface area contributed by atoms with Gasteiger partial charge in [-0.2, -0.15) is 0 Å². The Bertz CT molecular complexity index is 738. The summed E-state index contributed by atoms with van der Waals surface area (Å²) in [5.41, 5.74) is 3.07. The SMILES string of the molecule is CCCc1ccc(NC(=O)c2ccc3c(c2)OCC(=O)N3)cc1. The van der Waals surface area contributed by atoms with E-state index in [1.54, 1.807) is 18.2 Å². The molecule has 0 spiro atoms. The largest absolute Gasteiger partial charge is 0.482 e. The van der Waals surface area contributed by atoms with E-state index in [1.165, 1.54) is 5.56 Å². The van der Waals surface area contributed by atoms with E-state index in [4.69, 9.17) is 4.74 Å². The molecule has 23 heavy (non-hydrogen) atoms. The van der Waals surface area contributed by atoms with Crippen LogP contribution in [-0.2, 0) is 11.2 Å². The molecule has 0 unspecified atom stereocenters. The minimum absolute atomic E-state index is 0.0308. The highest BCUT2D eigenvalue weighted by molar-refractivity contribution is 6.05. The highest BCUT2D eigenvalue weighted by Crippen LogP contribution is 2.28. The summed E-state index contributed by atoms with van der Waals surface area (Å²) in [4.78, 5) is 23.6. The van der Waals surface area contributed by atoms with Crippen LogP contribution in [0.3, 0.4) is 0 Å². The second-order valence-electron chi connectivity index (χ2n) is 5.45.